The van der Waals surface area contributed by atoms with Crippen LogP contribution in [0.2, 0.25) is 0 Å². The highest BCUT2D eigenvalue weighted by atomic mass is 32.2. The first-order valence-electron chi connectivity index (χ1n) is 9.42. The predicted molar refractivity (Wildman–Crippen MR) is 111 cm³/mol. The molecule has 1 atom stereocenters. The van der Waals surface area contributed by atoms with E-state index in [1.165, 1.54) is 16.7 Å². The summed E-state index contributed by atoms with van der Waals surface area (Å²) in [6.45, 7) is 0.356. The summed E-state index contributed by atoms with van der Waals surface area (Å²) < 4.78 is 0. The Morgan fingerprint density at radius 2 is 1.97 bits per heavy atom. The van der Waals surface area contributed by atoms with Crippen LogP contribution in [0.3, 0.4) is 0 Å². The SMILES string of the molecule is NCCCCN1CC(=O)NC(C(N)=O)CSCc2ccccc2C(=O)NCC1=O. The Balaban J connectivity index is 2.23. The molecule has 1 unspecified atom stereocenters. The monoisotopic (exact) mass is 421 g/mol. The van der Waals surface area contributed by atoms with Crippen molar-refractivity contribution in [3.05, 3.63) is 35.4 Å². The van der Waals surface area contributed by atoms with Crippen LogP contribution in [0.15, 0.2) is 24.3 Å². The number of hydrogen-bond acceptors (Lipinski definition) is 6. The zero-order valence-corrected chi connectivity index (χ0v) is 17.0. The molecule has 0 aromatic heterocycles. The van der Waals surface area contributed by atoms with Crippen molar-refractivity contribution < 1.29 is 19.2 Å². The Morgan fingerprint density at radius 1 is 1.21 bits per heavy atom. The van der Waals surface area contributed by atoms with Gasteiger partial charge in [0.1, 0.15) is 6.04 Å². The van der Waals surface area contributed by atoms with Crippen molar-refractivity contribution >= 4 is 35.4 Å². The first-order chi connectivity index (χ1) is 13.9. The number of unbranched alkanes of at least 4 members (excludes halogenated alkanes) is 1. The zero-order valence-electron chi connectivity index (χ0n) is 16.2. The molecule has 1 aromatic rings. The number of hydrogen-bond donors (Lipinski definition) is 4. The molecule has 9 nitrogen and oxygen atoms in total. The molecule has 0 radical (unpaired) electrons. The van der Waals surface area contributed by atoms with E-state index in [1.807, 2.05) is 12.1 Å². The largest absolute Gasteiger partial charge is 0.368 e. The van der Waals surface area contributed by atoms with E-state index in [1.54, 1.807) is 12.1 Å². The maximum atomic E-state index is 12.6. The van der Waals surface area contributed by atoms with Crippen molar-refractivity contribution in [1.29, 1.82) is 0 Å². The summed E-state index contributed by atoms with van der Waals surface area (Å²) in [4.78, 5) is 50.6. The molecule has 6 N–H and O–H groups in total. The Kier molecular flexibility index (Phi) is 8.94. The molecule has 10 heteroatoms. The number of primary amides is 1. The van der Waals surface area contributed by atoms with Gasteiger partial charge in [0.05, 0.1) is 13.1 Å². The molecule has 0 fully saturated rings. The molecule has 4 amide bonds. The van der Waals surface area contributed by atoms with Gasteiger partial charge in [-0.2, -0.15) is 11.8 Å². The van der Waals surface area contributed by atoms with Crippen LogP contribution >= 0.6 is 11.8 Å². The van der Waals surface area contributed by atoms with E-state index in [0.717, 1.165) is 5.56 Å². The van der Waals surface area contributed by atoms with Crippen molar-refractivity contribution in [2.24, 2.45) is 11.5 Å². The van der Waals surface area contributed by atoms with Gasteiger partial charge in [0.2, 0.25) is 17.7 Å². The second-order valence-corrected chi connectivity index (χ2v) is 7.72. The summed E-state index contributed by atoms with van der Waals surface area (Å²) >= 11 is 1.39. The molecule has 2 rings (SSSR count). The van der Waals surface area contributed by atoms with Crippen LogP contribution in [-0.2, 0) is 20.1 Å². The number of nitrogens with two attached hydrogens (primary N) is 2. The topological polar surface area (TPSA) is 148 Å². The van der Waals surface area contributed by atoms with Gasteiger partial charge in [0.15, 0.2) is 0 Å². The molecular weight excluding hydrogens is 394 g/mol. The fraction of sp³-hybridized carbons (Fsp3) is 0.474. The molecule has 0 bridgehead atoms. The van der Waals surface area contributed by atoms with Gasteiger partial charge in [-0.25, -0.2) is 0 Å². The first kappa shape index (κ1) is 22.7. The van der Waals surface area contributed by atoms with Gasteiger partial charge in [0.25, 0.3) is 5.91 Å². The molecule has 0 saturated heterocycles. The smallest absolute Gasteiger partial charge is 0.252 e. The number of benzene rings is 1. The highest BCUT2D eigenvalue weighted by molar-refractivity contribution is 7.98. The van der Waals surface area contributed by atoms with E-state index >= 15 is 0 Å². The summed E-state index contributed by atoms with van der Waals surface area (Å²) in [5.74, 6) is -1.14. The number of rotatable bonds is 5. The third-order valence-electron chi connectivity index (χ3n) is 4.45. The van der Waals surface area contributed by atoms with E-state index in [9.17, 15) is 19.2 Å². The van der Waals surface area contributed by atoms with E-state index < -0.39 is 17.9 Å². The van der Waals surface area contributed by atoms with Gasteiger partial charge in [0, 0.05) is 23.6 Å². The lowest BCUT2D eigenvalue weighted by molar-refractivity contribution is -0.136. The number of amides is 4. The van der Waals surface area contributed by atoms with Gasteiger partial charge in [-0.1, -0.05) is 18.2 Å². The number of nitrogens with one attached hydrogen (secondary N) is 2. The van der Waals surface area contributed by atoms with Crippen LogP contribution < -0.4 is 22.1 Å². The van der Waals surface area contributed by atoms with Crippen LogP contribution in [0, 0.1) is 0 Å². The van der Waals surface area contributed by atoms with Crippen molar-refractivity contribution in [2.75, 3.05) is 31.9 Å². The molecule has 1 aliphatic heterocycles. The Hall–Kier alpha value is -2.59. The Labute approximate surface area is 173 Å². The second kappa shape index (κ2) is 11.4. The Bertz CT molecular complexity index is 758. The lowest BCUT2D eigenvalue weighted by atomic mass is 10.1. The summed E-state index contributed by atoms with van der Waals surface area (Å²) in [7, 11) is 0. The molecular formula is C19H27N5O4S. The maximum absolute atomic E-state index is 12.6. The normalized spacial score (nSPS) is 19.0. The lowest BCUT2D eigenvalue weighted by Crippen LogP contribution is -2.51. The lowest BCUT2D eigenvalue weighted by Gasteiger charge is -2.24. The van der Waals surface area contributed by atoms with Crippen molar-refractivity contribution in [3.63, 3.8) is 0 Å². The van der Waals surface area contributed by atoms with E-state index in [-0.39, 0.29) is 30.7 Å². The van der Waals surface area contributed by atoms with E-state index in [2.05, 4.69) is 10.6 Å². The molecule has 0 spiro atoms. The summed E-state index contributed by atoms with van der Waals surface area (Å²) in [5, 5.41) is 5.24. The van der Waals surface area contributed by atoms with Gasteiger partial charge in [-0.15, -0.1) is 0 Å². The molecule has 1 heterocycles. The standard InChI is InChI=1S/C19H27N5O4S/c20-7-3-4-8-24-10-16(25)23-15(18(21)27)12-29-11-13-5-1-2-6-14(13)19(28)22-9-17(24)26/h1-2,5-6,15H,3-4,7-12,20H2,(H2,21,27)(H,22,28)(H,23,25). The molecule has 29 heavy (non-hydrogen) atoms. The summed E-state index contributed by atoms with van der Waals surface area (Å²) in [6.07, 6.45) is 1.33. The van der Waals surface area contributed by atoms with Gasteiger partial charge in [-0.05, 0) is 31.0 Å². The summed E-state index contributed by atoms with van der Waals surface area (Å²) in [5.41, 5.74) is 12.2. The van der Waals surface area contributed by atoms with Crippen molar-refractivity contribution in [3.8, 4) is 0 Å². The minimum Gasteiger partial charge on any atom is -0.368 e. The zero-order chi connectivity index (χ0) is 21.2. The van der Waals surface area contributed by atoms with Crippen LogP contribution in [0.5, 0.6) is 0 Å². The molecule has 0 saturated carbocycles. The molecule has 0 aliphatic carbocycles. The van der Waals surface area contributed by atoms with E-state index in [0.29, 0.717) is 37.2 Å². The minimum absolute atomic E-state index is 0.218. The average Bonchev–Trinajstić information content (AvgIpc) is 2.70. The highest BCUT2D eigenvalue weighted by Crippen LogP contribution is 2.18. The fourth-order valence-electron chi connectivity index (χ4n) is 2.86. The number of nitrogens with zero attached hydrogens (tertiary/aromatic N) is 1. The number of fused-ring (bicyclic) bond motifs is 1. The minimum atomic E-state index is -0.863. The second-order valence-electron chi connectivity index (χ2n) is 6.69. The van der Waals surface area contributed by atoms with Crippen LogP contribution in [-0.4, -0.2) is 66.5 Å². The molecule has 158 valence electrons. The number of carbonyl (C=O) groups is 4. The van der Waals surface area contributed by atoms with Gasteiger partial charge >= 0.3 is 0 Å². The molecule has 1 aromatic carbocycles. The number of thioether (sulfide) groups is 1. The van der Waals surface area contributed by atoms with Gasteiger partial charge in [-0.3, -0.25) is 19.2 Å². The van der Waals surface area contributed by atoms with Crippen molar-refractivity contribution in [1.82, 2.24) is 15.5 Å². The third kappa shape index (κ3) is 7.06. The predicted octanol–water partition coefficient (Wildman–Crippen LogP) is -0.799. The van der Waals surface area contributed by atoms with Crippen LogP contribution in [0.1, 0.15) is 28.8 Å². The Morgan fingerprint density at radius 3 is 2.69 bits per heavy atom. The van der Waals surface area contributed by atoms with E-state index in [4.69, 9.17) is 11.5 Å². The first-order valence-corrected chi connectivity index (χ1v) is 10.6. The third-order valence-corrected chi connectivity index (χ3v) is 5.54. The highest BCUT2D eigenvalue weighted by Gasteiger charge is 2.23. The average molecular weight is 422 g/mol. The van der Waals surface area contributed by atoms with Crippen LogP contribution in [0.4, 0.5) is 0 Å². The quantitative estimate of drug-likeness (QED) is 0.458. The number of carbonyl (C=O) groups excluding carboxylic acids is 4. The van der Waals surface area contributed by atoms with Crippen molar-refractivity contribution in [2.45, 2.75) is 24.6 Å². The fourth-order valence-corrected chi connectivity index (χ4v) is 3.94. The summed E-state index contributed by atoms with van der Waals surface area (Å²) in [6, 6.07) is 6.20. The van der Waals surface area contributed by atoms with Gasteiger partial charge < -0.3 is 27.0 Å². The molecule has 1 aliphatic rings. The maximum Gasteiger partial charge on any atom is 0.252 e. The van der Waals surface area contributed by atoms with Crippen LogP contribution in [0.25, 0.3) is 0 Å².